The molecule has 0 amide bonds. The van der Waals surface area contributed by atoms with Gasteiger partial charge in [-0.3, -0.25) is 9.88 Å². The average molecular weight is 282 g/mol. The molecule has 0 unspecified atom stereocenters. The van der Waals surface area contributed by atoms with Crippen molar-refractivity contribution in [1.29, 1.82) is 0 Å². The maximum absolute atomic E-state index is 5.87. The lowest BCUT2D eigenvalue weighted by Crippen LogP contribution is -2.28. The predicted molar refractivity (Wildman–Crippen MR) is 84.5 cm³/mol. The Hall–Kier alpha value is -1.87. The molecule has 1 aromatic heterocycles. The number of hydrogen-bond acceptors (Lipinski definition) is 3. The molecule has 3 rings (SSSR count). The molecule has 21 heavy (non-hydrogen) atoms. The Morgan fingerprint density at radius 2 is 2.19 bits per heavy atom. The molecular weight excluding hydrogens is 260 g/mol. The van der Waals surface area contributed by atoms with Gasteiger partial charge in [0.1, 0.15) is 12.4 Å². The number of hydrogen-bond donors (Lipinski definition) is 0. The average Bonchev–Trinajstić information content (AvgIpc) is 2.97. The first-order valence-electron chi connectivity index (χ1n) is 7.67. The van der Waals surface area contributed by atoms with Crippen molar-refractivity contribution in [2.24, 2.45) is 0 Å². The van der Waals surface area contributed by atoms with Gasteiger partial charge in [0.25, 0.3) is 0 Å². The molecule has 0 aliphatic carbocycles. The zero-order valence-electron chi connectivity index (χ0n) is 12.5. The van der Waals surface area contributed by atoms with Crippen LogP contribution in [0, 0.1) is 6.92 Å². The Morgan fingerprint density at radius 3 is 3.00 bits per heavy atom. The van der Waals surface area contributed by atoms with E-state index in [4.69, 9.17) is 4.74 Å². The van der Waals surface area contributed by atoms with Gasteiger partial charge < -0.3 is 4.74 Å². The molecule has 0 saturated carbocycles. The number of aromatic nitrogens is 1. The van der Waals surface area contributed by atoms with Crippen molar-refractivity contribution < 1.29 is 4.74 Å². The minimum absolute atomic E-state index is 0.451. The first-order valence-corrected chi connectivity index (χ1v) is 7.67. The third-order valence-electron chi connectivity index (χ3n) is 4.03. The molecule has 1 fully saturated rings. The van der Waals surface area contributed by atoms with E-state index in [1.807, 2.05) is 24.4 Å². The molecule has 0 N–H and O–H groups in total. The molecule has 3 heteroatoms. The summed E-state index contributed by atoms with van der Waals surface area (Å²) in [6.07, 6.45) is 4.32. The highest BCUT2D eigenvalue weighted by atomic mass is 16.5. The Balaban J connectivity index is 1.55. The molecule has 0 bridgehead atoms. The van der Waals surface area contributed by atoms with Crippen molar-refractivity contribution in [3.63, 3.8) is 0 Å². The van der Waals surface area contributed by atoms with E-state index in [2.05, 4.69) is 41.1 Å². The van der Waals surface area contributed by atoms with Gasteiger partial charge in [0.2, 0.25) is 0 Å². The first kappa shape index (κ1) is 14.1. The van der Waals surface area contributed by atoms with Crippen LogP contribution >= 0.6 is 0 Å². The van der Waals surface area contributed by atoms with Gasteiger partial charge >= 0.3 is 0 Å². The van der Waals surface area contributed by atoms with Crippen molar-refractivity contribution >= 4 is 0 Å². The van der Waals surface area contributed by atoms with Crippen molar-refractivity contribution in [1.82, 2.24) is 9.88 Å². The fraction of sp³-hybridized carbons (Fsp3) is 0.389. The highest BCUT2D eigenvalue weighted by molar-refractivity contribution is 5.27. The molecule has 110 valence electrons. The third kappa shape index (κ3) is 3.61. The number of rotatable bonds is 5. The van der Waals surface area contributed by atoms with Crippen LogP contribution in [0.3, 0.4) is 0 Å². The monoisotopic (exact) mass is 282 g/mol. The van der Waals surface area contributed by atoms with Crippen LogP contribution in [0.4, 0.5) is 0 Å². The smallest absolute Gasteiger partial charge is 0.119 e. The molecule has 1 aromatic carbocycles. The maximum atomic E-state index is 5.87. The number of pyridine rings is 1. The van der Waals surface area contributed by atoms with Crippen LogP contribution < -0.4 is 4.74 Å². The van der Waals surface area contributed by atoms with Crippen LogP contribution in [0.5, 0.6) is 5.75 Å². The predicted octanol–water partition coefficient (Wildman–Crippen LogP) is 3.61. The lowest BCUT2D eigenvalue weighted by atomic mass is 10.1. The molecule has 1 aliphatic rings. The lowest BCUT2D eigenvalue weighted by Gasteiger charge is -2.23. The molecule has 2 heterocycles. The second kappa shape index (κ2) is 6.72. The minimum Gasteiger partial charge on any atom is -0.492 e. The van der Waals surface area contributed by atoms with Crippen LogP contribution in [0.25, 0.3) is 0 Å². The quantitative estimate of drug-likeness (QED) is 0.837. The van der Waals surface area contributed by atoms with E-state index in [0.717, 1.165) is 25.4 Å². The van der Waals surface area contributed by atoms with E-state index < -0.39 is 0 Å². The van der Waals surface area contributed by atoms with Gasteiger partial charge in [-0.05, 0) is 56.1 Å². The van der Waals surface area contributed by atoms with Gasteiger partial charge in [0, 0.05) is 12.7 Å². The highest BCUT2D eigenvalue weighted by Crippen LogP contribution is 2.30. The summed E-state index contributed by atoms with van der Waals surface area (Å²) in [6.45, 7) is 4.91. The van der Waals surface area contributed by atoms with Gasteiger partial charge in [-0.25, -0.2) is 0 Å². The summed E-state index contributed by atoms with van der Waals surface area (Å²) in [5, 5.41) is 0. The standard InChI is InChI=1S/C18H22N2O/c1-15-6-4-7-16(14-15)21-13-12-20-11-5-9-18(20)17-8-2-3-10-19-17/h2-4,6-8,10,14,18H,5,9,11-13H2,1H3/t18-/m1/s1. The van der Waals surface area contributed by atoms with Crippen LogP contribution in [-0.2, 0) is 0 Å². The van der Waals surface area contributed by atoms with Gasteiger partial charge in [-0.15, -0.1) is 0 Å². The van der Waals surface area contributed by atoms with Crippen molar-refractivity contribution in [3.05, 3.63) is 59.9 Å². The fourth-order valence-electron chi connectivity index (χ4n) is 2.99. The van der Waals surface area contributed by atoms with Gasteiger partial charge in [0.05, 0.1) is 11.7 Å². The zero-order valence-corrected chi connectivity index (χ0v) is 12.5. The van der Waals surface area contributed by atoms with E-state index in [9.17, 15) is 0 Å². The molecule has 0 radical (unpaired) electrons. The molecule has 1 saturated heterocycles. The maximum Gasteiger partial charge on any atom is 0.119 e. The number of ether oxygens (including phenoxy) is 1. The Bertz CT molecular complexity index is 570. The molecule has 1 aliphatic heterocycles. The van der Waals surface area contributed by atoms with Crippen molar-refractivity contribution in [2.45, 2.75) is 25.8 Å². The van der Waals surface area contributed by atoms with Gasteiger partial charge in [-0.2, -0.15) is 0 Å². The van der Waals surface area contributed by atoms with E-state index in [0.29, 0.717) is 6.04 Å². The lowest BCUT2D eigenvalue weighted by molar-refractivity contribution is 0.195. The highest BCUT2D eigenvalue weighted by Gasteiger charge is 2.26. The van der Waals surface area contributed by atoms with E-state index in [-0.39, 0.29) is 0 Å². The minimum atomic E-state index is 0.451. The molecule has 1 atom stereocenters. The summed E-state index contributed by atoms with van der Waals surface area (Å²) in [5.74, 6) is 0.962. The normalized spacial score (nSPS) is 18.8. The Kier molecular flexibility index (Phi) is 4.51. The summed E-state index contributed by atoms with van der Waals surface area (Å²) >= 11 is 0. The zero-order chi connectivity index (χ0) is 14.5. The van der Waals surface area contributed by atoms with E-state index in [1.165, 1.54) is 24.1 Å². The molecule has 3 nitrogen and oxygen atoms in total. The summed E-state index contributed by atoms with van der Waals surface area (Å²) in [7, 11) is 0. The first-order chi connectivity index (χ1) is 10.3. The largest absolute Gasteiger partial charge is 0.492 e. The molecule has 0 spiro atoms. The Labute approximate surface area is 126 Å². The summed E-state index contributed by atoms with van der Waals surface area (Å²) in [5.41, 5.74) is 2.42. The number of benzene rings is 1. The third-order valence-corrected chi connectivity index (χ3v) is 4.03. The topological polar surface area (TPSA) is 25.4 Å². The van der Waals surface area contributed by atoms with Crippen molar-refractivity contribution in [2.75, 3.05) is 19.7 Å². The fourth-order valence-corrected chi connectivity index (χ4v) is 2.99. The van der Waals surface area contributed by atoms with Crippen LogP contribution in [0.1, 0.15) is 30.1 Å². The van der Waals surface area contributed by atoms with Gasteiger partial charge in [-0.1, -0.05) is 18.2 Å². The molecule has 2 aromatic rings. The number of nitrogens with zero attached hydrogens (tertiary/aromatic N) is 2. The summed E-state index contributed by atoms with van der Waals surface area (Å²) < 4.78 is 5.87. The molecular formula is C18H22N2O. The SMILES string of the molecule is Cc1cccc(OCCN2CCC[C@@H]2c2ccccn2)c1. The van der Waals surface area contributed by atoms with Crippen LogP contribution in [0.15, 0.2) is 48.7 Å². The number of likely N-dealkylation sites (tertiary alicyclic amines) is 1. The van der Waals surface area contributed by atoms with E-state index in [1.54, 1.807) is 0 Å². The number of aryl methyl sites for hydroxylation is 1. The van der Waals surface area contributed by atoms with Crippen LogP contribution in [-0.4, -0.2) is 29.6 Å². The van der Waals surface area contributed by atoms with Crippen LogP contribution in [0.2, 0.25) is 0 Å². The Morgan fingerprint density at radius 1 is 1.24 bits per heavy atom. The second-order valence-electron chi connectivity index (χ2n) is 5.61. The second-order valence-corrected chi connectivity index (χ2v) is 5.61. The summed E-state index contributed by atoms with van der Waals surface area (Å²) in [6, 6.07) is 14.9. The van der Waals surface area contributed by atoms with Gasteiger partial charge in [0.15, 0.2) is 0 Å². The van der Waals surface area contributed by atoms with Crippen molar-refractivity contribution in [3.8, 4) is 5.75 Å². The van der Waals surface area contributed by atoms with E-state index >= 15 is 0 Å². The summed E-state index contributed by atoms with van der Waals surface area (Å²) in [4.78, 5) is 6.99.